The number of thioether (sulfide) groups is 1. The molecule has 0 unspecified atom stereocenters. The number of carboxylic acids is 1. The first kappa shape index (κ1) is 14.2. The first-order valence-corrected chi connectivity index (χ1v) is 8.60. The highest BCUT2D eigenvalue weighted by Crippen LogP contribution is 2.27. The average Bonchev–Trinajstić information content (AvgIpc) is 3.17. The molecular formula is C12H9N3O3S3. The lowest BCUT2D eigenvalue weighted by atomic mass is 10.3. The molecule has 0 fully saturated rings. The number of thiophene rings is 1. The van der Waals surface area contributed by atoms with Gasteiger partial charge in [-0.25, -0.2) is 4.98 Å². The van der Waals surface area contributed by atoms with Crippen LogP contribution < -0.4 is 0 Å². The Balaban J connectivity index is 1.60. The number of carboxylic acid groups (broad SMARTS) is 1. The third-order valence-electron chi connectivity index (χ3n) is 2.39. The molecule has 6 nitrogen and oxygen atoms in total. The highest BCUT2D eigenvalue weighted by atomic mass is 32.2. The van der Waals surface area contributed by atoms with E-state index in [9.17, 15) is 4.79 Å². The van der Waals surface area contributed by atoms with Gasteiger partial charge in [0.1, 0.15) is 0 Å². The van der Waals surface area contributed by atoms with Gasteiger partial charge in [0.15, 0.2) is 10.2 Å². The van der Waals surface area contributed by atoms with E-state index in [1.165, 1.54) is 23.1 Å². The van der Waals surface area contributed by atoms with Gasteiger partial charge in [-0.05, 0) is 11.4 Å². The highest BCUT2D eigenvalue weighted by molar-refractivity contribution is 8.00. The Morgan fingerprint density at radius 2 is 2.29 bits per heavy atom. The van der Waals surface area contributed by atoms with Crippen LogP contribution in [-0.4, -0.2) is 26.2 Å². The number of hydrogen-bond donors (Lipinski definition) is 1. The third kappa shape index (κ3) is 3.69. The molecule has 0 saturated heterocycles. The predicted molar refractivity (Wildman–Crippen MR) is 80.6 cm³/mol. The summed E-state index contributed by atoms with van der Waals surface area (Å²) in [7, 11) is 0. The normalized spacial score (nSPS) is 10.9. The van der Waals surface area contributed by atoms with Crippen molar-refractivity contribution in [1.82, 2.24) is 15.1 Å². The molecule has 0 saturated carbocycles. The van der Waals surface area contributed by atoms with E-state index in [0.29, 0.717) is 23.2 Å². The largest absolute Gasteiger partial charge is 0.481 e. The maximum absolute atomic E-state index is 10.6. The van der Waals surface area contributed by atoms with Crippen molar-refractivity contribution in [3.63, 3.8) is 0 Å². The lowest BCUT2D eigenvalue weighted by Crippen LogP contribution is -1.99. The van der Waals surface area contributed by atoms with Crippen molar-refractivity contribution in [3.05, 3.63) is 34.4 Å². The van der Waals surface area contributed by atoms with Crippen molar-refractivity contribution in [2.24, 2.45) is 0 Å². The second kappa shape index (κ2) is 6.37. The van der Waals surface area contributed by atoms with Crippen LogP contribution in [0.15, 0.2) is 31.8 Å². The van der Waals surface area contributed by atoms with Gasteiger partial charge in [-0.3, -0.25) is 4.79 Å². The molecule has 9 heteroatoms. The van der Waals surface area contributed by atoms with Crippen LogP contribution in [0.3, 0.4) is 0 Å². The number of thiazole rings is 1. The molecule has 21 heavy (non-hydrogen) atoms. The molecular weight excluding hydrogens is 330 g/mol. The molecule has 3 rings (SSSR count). The Hall–Kier alpha value is -1.71. The lowest BCUT2D eigenvalue weighted by molar-refractivity contribution is -0.136. The zero-order valence-corrected chi connectivity index (χ0v) is 13.0. The van der Waals surface area contributed by atoms with Gasteiger partial charge < -0.3 is 9.63 Å². The fourth-order valence-electron chi connectivity index (χ4n) is 1.53. The third-order valence-corrected chi connectivity index (χ3v) is 5.31. The van der Waals surface area contributed by atoms with Gasteiger partial charge >= 0.3 is 5.97 Å². The molecule has 0 radical (unpaired) electrons. The summed E-state index contributed by atoms with van der Waals surface area (Å²) in [5, 5.41) is 16.3. The van der Waals surface area contributed by atoms with Crippen LogP contribution in [0.4, 0.5) is 0 Å². The van der Waals surface area contributed by atoms with Gasteiger partial charge in [-0.1, -0.05) is 23.0 Å². The summed E-state index contributed by atoms with van der Waals surface area (Å²) < 4.78 is 6.00. The Kier molecular flexibility index (Phi) is 4.32. The molecule has 0 amide bonds. The zero-order valence-electron chi connectivity index (χ0n) is 10.6. The molecule has 0 aliphatic heterocycles. The van der Waals surface area contributed by atoms with Crippen LogP contribution in [0.1, 0.15) is 11.5 Å². The van der Waals surface area contributed by atoms with Gasteiger partial charge in [0.2, 0.25) is 0 Å². The van der Waals surface area contributed by atoms with Gasteiger partial charge in [0.25, 0.3) is 5.89 Å². The van der Waals surface area contributed by atoms with Gasteiger partial charge in [0.05, 0.1) is 22.7 Å². The van der Waals surface area contributed by atoms with E-state index in [0.717, 1.165) is 9.22 Å². The Labute approximate surface area is 131 Å². The second-order valence-electron chi connectivity index (χ2n) is 3.96. The summed E-state index contributed by atoms with van der Waals surface area (Å²) >= 11 is 4.43. The molecule has 0 aromatic carbocycles. The molecule has 1 N–H and O–H groups in total. The van der Waals surface area contributed by atoms with E-state index in [-0.39, 0.29) is 6.42 Å². The number of nitrogens with zero attached hydrogens (tertiary/aromatic N) is 3. The molecule has 0 spiro atoms. The summed E-state index contributed by atoms with van der Waals surface area (Å²) in [6.45, 7) is 0. The fourth-order valence-corrected chi connectivity index (χ4v) is 3.86. The van der Waals surface area contributed by atoms with E-state index in [1.54, 1.807) is 16.7 Å². The number of carbonyl (C=O) groups is 1. The smallest absolute Gasteiger partial charge is 0.309 e. The number of rotatable bonds is 6. The first-order chi connectivity index (χ1) is 10.2. The summed E-state index contributed by atoms with van der Waals surface area (Å²) in [5.74, 6) is 0.773. The molecule has 0 aliphatic rings. The molecule has 3 aromatic heterocycles. The number of aliphatic carboxylic acids is 1. The number of hydrogen-bond acceptors (Lipinski definition) is 8. The maximum Gasteiger partial charge on any atom is 0.309 e. The SMILES string of the molecule is O=C(O)Cc1csc(SCc2noc(-c3cccs3)n2)n1. The topological polar surface area (TPSA) is 89.1 Å². The Morgan fingerprint density at radius 1 is 1.38 bits per heavy atom. The van der Waals surface area contributed by atoms with E-state index >= 15 is 0 Å². The van der Waals surface area contributed by atoms with Gasteiger partial charge in [-0.15, -0.1) is 22.7 Å². The van der Waals surface area contributed by atoms with Crippen molar-refractivity contribution in [2.45, 2.75) is 16.5 Å². The lowest BCUT2D eigenvalue weighted by Gasteiger charge is -1.91. The molecule has 0 atom stereocenters. The van der Waals surface area contributed by atoms with Gasteiger partial charge in [-0.2, -0.15) is 4.98 Å². The van der Waals surface area contributed by atoms with Crippen LogP contribution >= 0.6 is 34.4 Å². The van der Waals surface area contributed by atoms with Crippen LogP contribution in [0, 0.1) is 0 Å². The summed E-state index contributed by atoms with van der Waals surface area (Å²) in [4.78, 5) is 20.1. The average molecular weight is 339 g/mol. The second-order valence-corrected chi connectivity index (χ2v) is 6.99. The quantitative estimate of drug-likeness (QED) is 0.690. The Bertz CT molecular complexity index is 736. The van der Waals surface area contributed by atoms with Crippen molar-refractivity contribution < 1.29 is 14.4 Å². The standard InChI is InChI=1S/C12H9N3O3S3/c16-10(17)4-7-5-20-12(13-7)21-6-9-14-11(18-15-9)8-2-1-3-19-8/h1-3,5H,4,6H2,(H,16,17). The molecule has 0 bridgehead atoms. The van der Waals surface area contributed by atoms with E-state index in [4.69, 9.17) is 9.63 Å². The monoisotopic (exact) mass is 339 g/mol. The van der Waals surface area contributed by atoms with Crippen molar-refractivity contribution >= 4 is 40.4 Å². The van der Waals surface area contributed by atoms with Crippen LogP contribution in [-0.2, 0) is 17.0 Å². The first-order valence-electron chi connectivity index (χ1n) is 5.86. The minimum Gasteiger partial charge on any atom is -0.481 e. The molecule has 108 valence electrons. The van der Waals surface area contributed by atoms with Crippen LogP contribution in [0.2, 0.25) is 0 Å². The summed E-state index contributed by atoms with van der Waals surface area (Å²) in [6.07, 6.45) is -0.0538. The minimum atomic E-state index is -0.879. The molecule has 0 aliphatic carbocycles. The maximum atomic E-state index is 10.6. The number of aromatic nitrogens is 3. The van der Waals surface area contributed by atoms with E-state index in [2.05, 4.69) is 15.1 Å². The summed E-state index contributed by atoms with van der Waals surface area (Å²) in [5.41, 5.74) is 0.572. The fraction of sp³-hybridized carbons (Fsp3) is 0.167. The summed E-state index contributed by atoms with van der Waals surface area (Å²) in [6, 6.07) is 3.85. The molecule has 3 heterocycles. The van der Waals surface area contributed by atoms with Gasteiger partial charge in [0, 0.05) is 5.38 Å². The van der Waals surface area contributed by atoms with Crippen LogP contribution in [0.5, 0.6) is 0 Å². The van der Waals surface area contributed by atoms with E-state index < -0.39 is 5.97 Å². The highest BCUT2D eigenvalue weighted by Gasteiger charge is 2.11. The van der Waals surface area contributed by atoms with Crippen molar-refractivity contribution in [1.29, 1.82) is 0 Å². The minimum absolute atomic E-state index is 0.0538. The predicted octanol–water partition coefficient (Wildman–Crippen LogP) is 3.17. The van der Waals surface area contributed by atoms with Crippen molar-refractivity contribution in [3.8, 4) is 10.8 Å². The van der Waals surface area contributed by atoms with Crippen molar-refractivity contribution in [2.75, 3.05) is 0 Å². The molecule has 3 aromatic rings. The van der Waals surface area contributed by atoms with E-state index in [1.807, 2.05) is 17.5 Å². The van der Waals surface area contributed by atoms with Crippen LogP contribution in [0.25, 0.3) is 10.8 Å². The Morgan fingerprint density at radius 3 is 3.05 bits per heavy atom. The zero-order chi connectivity index (χ0) is 14.7.